The normalized spacial score (nSPS) is 11.2. The molecule has 0 aliphatic carbocycles. The lowest BCUT2D eigenvalue weighted by Crippen LogP contribution is -2.03. The molecule has 0 saturated carbocycles. The first-order chi connectivity index (χ1) is 14.5. The molecule has 0 spiro atoms. The monoisotopic (exact) mass is 418 g/mol. The number of carboxylic acid groups (broad SMARTS) is 1. The van der Waals surface area contributed by atoms with Crippen molar-refractivity contribution in [2.45, 2.75) is 33.1 Å². The van der Waals surface area contributed by atoms with Crippen molar-refractivity contribution in [2.24, 2.45) is 0 Å². The number of aryl methyl sites for hydroxylation is 2. The molecule has 0 aliphatic rings. The van der Waals surface area contributed by atoms with E-state index in [2.05, 4.69) is 23.6 Å². The van der Waals surface area contributed by atoms with E-state index in [1.165, 1.54) is 0 Å². The standard InChI is InChI=1S/C25H23ClN2O2/c1-3-4-9-24-27-22-7-5-6-8-23(22)28(24)18-11-13-19(16(2)14-18)21-15-17(26)10-12-20(21)25(29)30/h5-8,10-15H,3-4,9H2,1-2H3,(H,29,30). The number of nitrogens with zero attached hydrogens (tertiary/aromatic N) is 2. The molecule has 4 rings (SSSR count). The smallest absolute Gasteiger partial charge is 0.336 e. The van der Waals surface area contributed by atoms with Gasteiger partial charge < -0.3 is 5.11 Å². The highest BCUT2D eigenvalue weighted by atomic mass is 35.5. The lowest BCUT2D eigenvalue weighted by atomic mass is 9.95. The Kier molecular flexibility index (Phi) is 5.60. The third-order valence-electron chi connectivity index (χ3n) is 5.35. The fourth-order valence-electron chi connectivity index (χ4n) is 3.88. The Balaban J connectivity index is 1.86. The topological polar surface area (TPSA) is 55.1 Å². The van der Waals surface area contributed by atoms with Gasteiger partial charge in [-0.1, -0.05) is 43.1 Å². The zero-order valence-electron chi connectivity index (χ0n) is 17.0. The van der Waals surface area contributed by atoms with Crippen molar-refractivity contribution in [3.63, 3.8) is 0 Å². The van der Waals surface area contributed by atoms with Gasteiger partial charge in [-0.3, -0.25) is 4.57 Å². The Bertz CT molecular complexity index is 1240. The average Bonchev–Trinajstić information content (AvgIpc) is 3.10. The van der Waals surface area contributed by atoms with Gasteiger partial charge in [-0.25, -0.2) is 9.78 Å². The van der Waals surface area contributed by atoms with Crippen LogP contribution in [0.1, 0.15) is 41.5 Å². The van der Waals surface area contributed by atoms with Gasteiger partial charge in [-0.15, -0.1) is 0 Å². The van der Waals surface area contributed by atoms with Crippen LogP contribution in [0.15, 0.2) is 60.7 Å². The van der Waals surface area contributed by atoms with Gasteiger partial charge in [0.05, 0.1) is 16.6 Å². The highest BCUT2D eigenvalue weighted by molar-refractivity contribution is 6.31. The fraction of sp³-hybridized carbons (Fsp3) is 0.200. The summed E-state index contributed by atoms with van der Waals surface area (Å²) in [5, 5.41) is 10.1. The van der Waals surface area contributed by atoms with Gasteiger partial charge in [0.2, 0.25) is 0 Å². The molecule has 4 nitrogen and oxygen atoms in total. The van der Waals surface area contributed by atoms with Crippen molar-refractivity contribution in [1.82, 2.24) is 9.55 Å². The van der Waals surface area contributed by atoms with Gasteiger partial charge >= 0.3 is 5.97 Å². The second kappa shape index (κ2) is 8.33. The summed E-state index contributed by atoms with van der Waals surface area (Å²) in [4.78, 5) is 16.6. The van der Waals surface area contributed by atoms with E-state index in [0.29, 0.717) is 10.6 Å². The predicted octanol–water partition coefficient (Wildman–Crippen LogP) is 6.70. The number of hydrogen-bond donors (Lipinski definition) is 1. The molecule has 30 heavy (non-hydrogen) atoms. The molecule has 152 valence electrons. The second-order valence-corrected chi connectivity index (χ2v) is 7.89. The van der Waals surface area contributed by atoms with Crippen molar-refractivity contribution in [1.29, 1.82) is 0 Å². The maximum Gasteiger partial charge on any atom is 0.336 e. The molecule has 0 amide bonds. The Labute approximate surface area is 180 Å². The van der Waals surface area contributed by atoms with E-state index in [1.807, 2.05) is 37.3 Å². The summed E-state index contributed by atoms with van der Waals surface area (Å²) in [6, 6.07) is 19.1. The van der Waals surface area contributed by atoms with Crippen molar-refractivity contribution >= 4 is 28.6 Å². The lowest BCUT2D eigenvalue weighted by Gasteiger charge is -2.14. The number of aromatic carboxylic acids is 1. The molecule has 1 aromatic heterocycles. The summed E-state index contributed by atoms with van der Waals surface area (Å²) < 4.78 is 2.21. The van der Waals surface area contributed by atoms with Gasteiger partial charge in [-0.05, 0) is 72.5 Å². The number of unbranched alkanes of at least 4 members (excludes halogenated alkanes) is 1. The van der Waals surface area contributed by atoms with Crippen LogP contribution in [0.5, 0.6) is 0 Å². The summed E-state index contributed by atoms with van der Waals surface area (Å²) in [6.07, 6.45) is 3.09. The summed E-state index contributed by atoms with van der Waals surface area (Å²) in [6.45, 7) is 4.17. The van der Waals surface area contributed by atoms with E-state index in [9.17, 15) is 9.90 Å². The molecule has 3 aromatic carbocycles. The van der Waals surface area contributed by atoms with E-state index in [1.54, 1.807) is 18.2 Å². The molecule has 5 heteroatoms. The number of carboxylic acids is 1. The molecule has 0 unspecified atom stereocenters. The summed E-state index contributed by atoms with van der Waals surface area (Å²) in [7, 11) is 0. The number of carbonyl (C=O) groups is 1. The number of hydrogen-bond acceptors (Lipinski definition) is 2. The Morgan fingerprint density at radius 2 is 1.87 bits per heavy atom. The minimum atomic E-state index is -0.965. The molecule has 1 heterocycles. The summed E-state index contributed by atoms with van der Waals surface area (Å²) in [5.74, 6) is 0.0757. The number of halogens is 1. The number of aromatic nitrogens is 2. The number of para-hydroxylation sites is 2. The number of imidazole rings is 1. The molecular formula is C25H23ClN2O2. The van der Waals surface area contributed by atoms with Gasteiger partial charge in [0.1, 0.15) is 5.82 Å². The highest BCUT2D eigenvalue weighted by Gasteiger charge is 2.16. The largest absolute Gasteiger partial charge is 0.478 e. The minimum Gasteiger partial charge on any atom is -0.478 e. The summed E-state index contributed by atoms with van der Waals surface area (Å²) in [5.41, 5.74) is 5.79. The third-order valence-corrected chi connectivity index (χ3v) is 5.59. The number of benzene rings is 3. The zero-order valence-corrected chi connectivity index (χ0v) is 17.8. The van der Waals surface area contributed by atoms with Crippen LogP contribution < -0.4 is 0 Å². The minimum absolute atomic E-state index is 0.243. The third kappa shape index (κ3) is 3.71. The highest BCUT2D eigenvalue weighted by Crippen LogP contribution is 2.32. The van der Waals surface area contributed by atoms with Crippen LogP contribution in [0.25, 0.3) is 27.8 Å². The molecule has 0 radical (unpaired) electrons. The number of fused-ring (bicyclic) bond motifs is 1. The van der Waals surface area contributed by atoms with Gasteiger partial charge in [0, 0.05) is 17.1 Å². The van der Waals surface area contributed by atoms with Crippen LogP contribution in [-0.2, 0) is 6.42 Å². The van der Waals surface area contributed by atoms with Crippen LogP contribution in [0.4, 0.5) is 0 Å². The second-order valence-electron chi connectivity index (χ2n) is 7.45. The maximum atomic E-state index is 11.7. The molecule has 0 atom stereocenters. The zero-order chi connectivity index (χ0) is 21.3. The molecule has 1 N–H and O–H groups in total. The van der Waals surface area contributed by atoms with Gasteiger partial charge in [0.15, 0.2) is 0 Å². The molecule has 0 saturated heterocycles. The Morgan fingerprint density at radius 3 is 2.60 bits per heavy atom. The van der Waals surface area contributed by atoms with Crippen molar-refractivity contribution in [3.05, 3.63) is 82.6 Å². The van der Waals surface area contributed by atoms with E-state index in [4.69, 9.17) is 16.6 Å². The van der Waals surface area contributed by atoms with Crippen molar-refractivity contribution in [2.75, 3.05) is 0 Å². The quantitative estimate of drug-likeness (QED) is 0.379. The first-order valence-corrected chi connectivity index (χ1v) is 10.5. The molecule has 4 aromatic rings. The SMILES string of the molecule is CCCCc1nc2ccccc2n1-c1ccc(-c2cc(Cl)ccc2C(=O)O)c(C)c1. The Morgan fingerprint density at radius 1 is 1.07 bits per heavy atom. The average molecular weight is 419 g/mol. The maximum absolute atomic E-state index is 11.7. The Hall–Kier alpha value is -3.11. The van der Waals surface area contributed by atoms with E-state index in [-0.39, 0.29) is 5.56 Å². The molecule has 0 fully saturated rings. The summed E-state index contributed by atoms with van der Waals surface area (Å²) >= 11 is 6.17. The molecule has 0 aliphatic heterocycles. The van der Waals surface area contributed by atoms with Crippen LogP contribution in [0.3, 0.4) is 0 Å². The first-order valence-electron chi connectivity index (χ1n) is 10.1. The lowest BCUT2D eigenvalue weighted by molar-refractivity contribution is 0.0697. The molecule has 0 bridgehead atoms. The van der Waals surface area contributed by atoms with Crippen LogP contribution in [-0.4, -0.2) is 20.6 Å². The first kappa shape index (κ1) is 20.2. The van der Waals surface area contributed by atoms with E-state index < -0.39 is 5.97 Å². The van der Waals surface area contributed by atoms with Crippen LogP contribution >= 0.6 is 11.6 Å². The van der Waals surface area contributed by atoms with E-state index >= 15 is 0 Å². The van der Waals surface area contributed by atoms with Crippen LogP contribution in [0, 0.1) is 6.92 Å². The van der Waals surface area contributed by atoms with Gasteiger partial charge in [0.25, 0.3) is 0 Å². The van der Waals surface area contributed by atoms with Gasteiger partial charge in [-0.2, -0.15) is 0 Å². The number of rotatable bonds is 6. The fourth-order valence-corrected chi connectivity index (χ4v) is 4.05. The van der Waals surface area contributed by atoms with Crippen molar-refractivity contribution in [3.8, 4) is 16.8 Å². The van der Waals surface area contributed by atoms with Crippen LogP contribution in [0.2, 0.25) is 5.02 Å². The van der Waals surface area contributed by atoms with Crippen molar-refractivity contribution < 1.29 is 9.90 Å². The molecular weight excluding hydrogens is 396 g/mol. The van der Waals surface area contributed by atoms with E-state index in [0.717, 1.165) is 52.9 Å². The predicted molar refractivity (Wildman–Crippen MR) is 122 cm³/mol.